The summed E-state index contributed by atoms with van der Waals surface area (Å²) in [5.74, 6) is 1.86. The molecule has 0 aliphatic heterocycles. The zero-order valence-electron chi connectivity index (χ0n) is 14.9. The van der Waals surface area contributed by atoms with Gasteiger partial charge in [-0.15, -0.1) is 0 Å². The van der Waals surface area contributed by atoms with Crippen molar-refractivity contribution in [3.05, 3.63) is 0 Å². The first-order valence-electron chi connectivity index (χ1n) is 8.86. The molecule has 0 aromatic heterocycles. The Morgan fingerprint density at radius 1 is 1.38 bits per heavy atom. The molecule has 3 atom stereocenters. The van der Waals surface area contributed by atoms with Crippen LogP contribution in [0.5, 0.6) is 0 Å². The van der Waals surface area contributed by atoms with E-state index >= 15 is 0 Å². The van der Waals surface area contributed by atoms with E-state index in [-0.39, 0.29) is 0 Å². The minimum atomic E-state index is -0.528. The lowest BCUT2D eigenvalue weighted by atomic mass is 9.69. The fraction of sp³-hybridized carbons (Fsp3) is 0.947. The molecule has 1 aliphatic rings. The van der Waals surface area contributed by atoms with Crippen LogP contribution in [0.25, 0.3) is 0 Å². The van der Waals surface area contributed by atoms with Gasteiger partial charge in [-0.05, 0) is 70.1 Å². The third kappa shape index (κ3) is 6.50. The maximum atomic E-state index is 11.1. The summed E-state index contributed by atoms with van der Waals surface area (Å²) in [7, 11) is 0. The summed E-state index contributed by atoms with van der Waals surface area (Å²) >= 11 is 0. The maximum absolute atomic E-state index is 11.1. The molecule has 1 unspecified atom stereocenters. The average Bonchev–Trinajstić information content (AvgIpc) is 2.69. The summed E-state index contributed by atoms with van der Waals surface area (Å²) in [6.07, 6.45) is 10.2. The number of hydrogen-bond acceptors (Lipinski definition) is 2. The molecule has 0 bridgehead atoms. The first-order valence-corrected chi connectivity index (χ1v) is 8.86. The molecule has 0 aromatic carbocycles. The van der Waals surface area contributed by atoms with Gasteiger partial charge >= 0.3 is 0 Å². The Kier molecular flexibility index (Phi) is 6.90. The van der Waals surface area contributed by atoms with Crippen molar-refractivity contribution < 1.29 is 9.90 Å². The van der Waals surface area contributed by atoms with Crippen LogP contribution in [-0.4, -0.2) is 16.5 Å². The van der Waals surface area contributed by atoms with Gasteiger partial charge in [0.15, 0.2) is 0 Å². The smallest absolute Gasteiger partial charge is 0.129 e. The van der Waals surface area contributed by atoms with E-state index in [2.05, 4.69) is 13.8 Å². The van der Waals surface area contributed by atoms with Crippen LogP contribution in [-0.2, 0) is 4.79 Å². The Balaban J connectivity index is 2.45. The Labute approximate surface area is 131 Å². The highest BCUT2D eigenvalue weighted by Gasteiger charge is 2.40. The van der Waals surface area contributed by atoms with Crippen molar-refractivity contribution >= 4 is 5.78 Å². The van der Waals surface area contributed by atoms with Crippen molar-refractivity contribution in [3.63, 3.8) is 0 Å². The molecule has 1 fully saturated rings. The van der Waals surface area contributed by atoms with Crippen molar-refractivity contribution in [2.45, 2.75) is 98.0 Å². The van der Waals surface area contributed by atoms with Crippen LogP contribution in [0.2, 0.25) is 0 Å². The highest BCUT2D eigenvalue weighted by atomic mass is 16.3. The van der Waals surface area contributed by atoms with Crippen molar-refractivity contribution in [1.29, 1.82) is 0 Å². The standard InChI is InChI=1S/C19H36O2/c1-15(9-6-12-18(3,4)21)17-11-8-14-19(17,5)13-7-10-16(2)20/h15,17,21H,6-14H2,1-5H3/t15-,17?,19+/m1/s1. The van der Waals surface area contributed by atoms with Gasteiger partial charge in [0.1, 0.15) is 5.78 Å². The van der Waals surface area contributed by atoms with Crippen LogP contribution in [0.3, 0.4) is 0 Å². The second-order valence-corrected chi connectivity index (χ2v) is 8.39. The topological polar surface area (TPSA) is 37.3 Å². The molecule has 2 heteroatoms. The lowest BCUT2D eigenvalue weighted by Crippen LogP contribution is -2.28. The van der Waals surface area contributed by atoms with Crippen LogP contribution in [0.15, 0.2) is 0 Å². The van der Waals surface area contributed by atoms with Crippen molar-refractivity contribution in [3.8, 4) is 0 Å². The van der Waals surface area contributed by atoms with E-state index in [1.165, 1.54) is 32.1 Å². The molecule has 0 aromatic rings. The van der Waals surface area contributed by atoms with Gasteiger partial charge < -0.3 is 9.90 Å². The third-order valence-corrected chi connectivity index (χ3v) is 5.57. The molecule has 21 heavy (non-hydrogen) atoms. The highest BCUT2D eigenvalue weighted by Crippen LogP contribution is 2.51. The highest BCUT2D eigenvalue weighted by molar-refractivity contribution is 5.75. The molecule has 0 radical (unpaired) electrons. The van der Waals surface area contributed by atoms with Crippen LogP contribution in [0.1, 0.15) is 92.4 Å². The molecule has 2 nitrogen and oxygen atoms in total. The zero-order valence-corrected chi connectivity index (χ0v) is 14.9. The number of carbonyl (C=O) groups excluding carboxylic acids is 1. The fourth-order valence-corrected chi connectivity index (χ4v) is 4.34. The van der Waals surface area contributed by atoms with E-state index in [0.717, 1.165) is 37.5 Å². The minimum absolute atomic E-state index is 0.325. The SMILES string of the molecule is CC(=O)CCC[C@@]1(C)CCCC1[C@H](C)CCCC(C)(C)O. The van der Waals surface area contributed by atoms with Gasteiger partial charge in [0.2, 0.25) is 0 Å². The molecular weight excluding hydrogens is 260 g/mol. The first-order chi connectivity index (χ1) is 9.64. The Morgan fingerprint density at radius 3 is 2.62 bits per heavy atom. The number of carbonyl (C=O) groups is 1. The largest absolute Gasteiger partial charge is 0.390 e. The van der Waals surface area contributed by atoms with Gasteiger partial charge in [0.05, 0.1) is 5.60 Å². The maximum Gasteiger partial charge on any atom is 0.129 e. The summed E-state index contributed by atoms with van der Waals surface area (Å²) in [5.41, 5.74) is -0.0935. The lowest BCUT2D eigenvalue weighted by molar-refractivity contribution is -0.117. The summed E-state index contributed by atoms with van der Waals surface area (Å²) in [6.45, 7) is 10.3. The number of ketones is 1. The summed E-state index contributed by atoms with van der Waals surface area (Å²) in [4.78, 5) is 11.1. The minimum Gasteiger partial charge on any atom is -0.390 e. The number of hydrogen-bond donors (Lipinski definition) is 1. The number of rotatable bonds is 9. The second-order valence-electron chi connectivity index (χ2n) is 8.39. The molecule has 1 rings (SSSR count). The monoisotopic (exact) mass is 296 g/mol. The molecule has 1 N–H and O–H groups in total. The summed E-state index contributed by atoms with van der Waals surface area (Å²) in [6, 6.07) is 0. The molecule has 0 spiro atoms. The van der Waals surface area contributed by atoms with E-state index in [1.54, 1.807) is 6.92 Å². The second kappa shape index (κ2) is 7.76. The Bertz CT molecular complexity index is 329. The van der Waals surface area contributed by atoms with E-state index in [4.69, 9.17) is 0 Å². The van der Waals surface area contributed by atoms with Gasteiger partial charge in [-0.1, -0.05) is 33.1 Å². The quantitative estimate of drug-likeness (QED) is 0.640. The van der Waals surface area contributed by atoms with E-state index < -0.39 is 5.60 Å². The van der Waals surface area contributed by atoms with Gasteiger partial charge in [-0.25, -0.2) is 0 Å². The van der Waals surface area contributed by atoms with Crippen molar-refractivity contribution in [1.82, 2.24) is 0 Å². The molecule has 1 aliphatic carbocycles. The van der Waals surface area contributed by atoms with Crippen LogP contribution in [0.4, 0.5) is 0 Å². The fourth-order valence-electron chi connectivity index (χ4n) is 4.34. The Morgan fingerprint density at radius 2 is 2.05 bits per heavy atom. The average molecular weight is 296 g/mol. The van der Waals surface area contributed by atoms with Gasteiger partial charge in [0, 0.05) is 6.42 Å². The summed E-state index contributed by atoms with van der Waals surface area (Å²) in [5, 5.41) is 9.83. The summed E-state index contributed by atoms with van der Waals surface area (Å²) < 4.78 is 0. The third-order valence-electron chi connectivity index (χ3n) is 5.57. The molecule has 124 valence electrons. The van der Waals surface area contributed by atoms with Crippen LogP contribution in [0, 0.1) is 17.3 Å². The normalized spacial score (nSPS) is 27.8. The number of Topliss-reactive ketones (excluding diaryl/α,β-unsaturated/α-hetero) is 1. The van der Waals surface area contributed by atoms with Crippen molar-refractivity contribution in [2.75, 3.05) is 0 Å². The Hall–Kier alpha value is -0.370. The molecular formula is C19H36O2. The van der Waals surface area contributed by atoms with Gasteiger partial charge in [0.25, 0.3) is 0 Å². The van der Waals surface area contributed by atoms with E-state index in [1.807, 2.05) is 13.8 Å². The molecule has 1 saturated carbocycles. The van der Waals surface area contributed by atoms with Gasteiger partial charge in [-0.3, -0.25) is 0 Å². The van der Waals surface area contributed by atoms with Crippen LogP contribution >= 0.6 is 0 Å². The van der Waals surface area contributed by atoms with Crippen LogP contribution < -0.4 is 0 Å². The predicted molar refractivity (Wildman–Crippen MR) is 89.3 cm³/mol. The number of aliphatic hydroxyl groups is 1. The predicted octanol–water partition coefficient (Wildman–Crippen LogP) is 5.13. The lowest BCUT2D eigenvalue weighted by Gasteiger charge is -2.36. The molecule has 0 saturated heterocycles. The van der Waals surface area contributed by atoms with E-state index in [9.17, 15) is 9.90 Å². The zero-order chi connectivity index (χ0) is 16.1. The van der Waals surface area contributed by atoms with E-state index in [0.29, 0.717) is 11.2 Å². The first kappa shape index (κ1) is 18.7. The molecule has 0 heterocycles. The van der Waals surface area contributed by atoms with Crippen molar-refractivity contribution in [2.24, 2.45) is 17.3 Å². The van der Waals surface area contributed by atoms with Gasteiger partial charge in [-0.2, -0.15) is 0 Å². The molecule has 0 amide bonds.